The fraction of sp³-hybridized carbons (Fsp3) is 0.900. The first-order valence-electron chi connectivity index (χ1n) is 5.30. The van der Waals surface area contributed by atoms with Gasteiger partial charge in [-0.1, -0.05) is 0 Å². The number of ether oxygens (including phenoxy) is 2. The highest BCUT2D eigenvalue weighted by Gasteiger charge is 2.22. The predicted octanol–water partition coefficient (Wildman–Crippen LogP) is -0.484. The van der Waals surface area contributed by atoms with Gasteiger partial charge < -0.3 is 20.1 Å². The molecule has 0 radical (unpaired) electrons. The first kappa shape index (κ1) is 12.4. The quantitative estimate of drug-likeness (QED) is 0.629. The molecule has 5 nitrogen and oxygen atoms in total. The van der Waals surface area contributed by atoms with E-state index < -0.39 is 0 Å². The molecule has 1 amide bonds. The summed E-state index contributed by atoms with van der Waals surface area (Å²) in [6.07, 6.45) is 1.93. The van der Waals surface area contributed by atoms with Crippen LogP contribution in [-0.4, -0.2) is 52.0 Å². The zero-order valence-electron chi connectivity index (χ0n) is 9.41. The SMILES string of the molecule is COCC(CNC(=O)[C@@H]1CCCN1)OC. The fourth-order valence-electron chi connectivity index (χ4n) is 1.64. The monoisotopic (exact) mass is 216 g/mol. The molecule has 1 heterocycles. The second-order valence-corrected chi connectivity index (χ2v) is 3.71. The Morgan fingerprint density at radius 2 is 2.40 bits per heavy atom. The van der Waals surface area contributed by atoms with Crippen LogP contribution in [0.4, 0.5) is 0 Å². The number of amides is 1. The second kappa shape index (κ2) is 6.76. The Kier molecular flexibility index (Phi) is 5.60. The van der Waals surface area contributed by atoms with E-state index in [1.165, 1.54) is 0 Å². The summed E-state index contributed by atoms with van der Waals surface area (Å²) in [5, 5.41) is 6.00. The van der Waals surface area contributed by atoms with Crippen LogP contribution in [0.1, 0.15) is 12.8 Å². The minimum Gasteiger partial charge on any atom is -0.382 e. The number of carbonyl (C=O) groups excluding carboxylic acids is 1. The second-order valence-electron chi connectivity index (χ2n) is 3.71. The van der Waals surface area contributed by atoms with Crippen molar-refractivity contribution in [3.8, 4) is 0 Å². The van der Waals surface area contributed by atoms with E-state index in [2.05, 4.69) is 10.6 Å². The lowest BCUT2D eigenvalue weighted by atomic mass is 10.2. The van der Waals surface area contributed by atoms with Gasteiger partial charge in [-0.15, -0.1) is 0 Å². The van der Waals surface area contributed by atoms with Crippen molar-refractivity contribution < 1.29 is 14.3 Å². The van der Waals surface area contributed by atoms with Crippen LogP contribution in [0.5, 0.6) is 0 Å². The molecule has 15 heavy (non-hydrogen) atoms. The number of hydrogen-bond donors (Lipinski definition) is 2. The third kappa shape index (κ3) is 4.15. The summed E-state index contributed by atoms with van der Waals surface area (Å²) in [7, 11) is 3.23. The third-order valence-electron chi connectivity index (χ3n) is 2.57. The van der Waals surface area contributed by atoms with Crippen LogP contribution in [0, 0.1) is 0 Å². The number of hydrogen-bond acceptors (Lipinski definition) is 4. The van der Waals surface area contributed by atoms with Crippen LogP contribution in [0.25, 0.3) is 0 Å². The van der Waals surface area contributed by atoms with Crippen molar-refractivity contribution >= 4 is 5.91 Å². The zero-order valence-corrected chi connectivity index (χ0v) is 9.41. The van der Waals surface area contributed by atoms with E-state index in [1.54, 1.807) is 14.2 Å². The van der Waals surface area contributed by atoms with Gasteiger partial charge in [0, 0.05) is 20.8 Å². The molecule has 1 fully saturated rings. The summed E-state index contributed by atoms with van der Waals surface area (Å²) < 4.78 is 10.1. The summed E-state index contributed by atoms with van der Waals surface area (Å²) in [6.45, 7) is 1.93. The van der Waals surface area contributed by atoms with Crippen molar-refractivity contribution in [3.63, 3.8) is 0 Å². The van der Waals surface area contributed by atoms with Gasteiger partial charge in [0.05, 0.1) is 18.8 Å². The summed E-state index contributed by atoms with van der Waals surface area (Å²) in [5.41, 5.74) is 0. The van der Waals surface area contributed by atoms with Crippen molar-refractivity contribution in [2.24, 2.45) is 0 Å². The summed E-state index contributed by atoms with van der Waals surface area (Å²) >= 11 is 0. The highest BCUT2D eigenvalue weighted by atomic mass is 16.5. The Morgan fingerprint density at radius 1 is 1.60 bits per heavy atom. The molecule has 0 saturated carbocycles. The Morgan fingerprint density at radius 3 is 2.93 bits per heavy atom. The summed E-state index contributed by atoms with van der Waals surface area (Å²) in [5.74, 6) is 0.0608. The van der Waals surface area contributed by atoms with Crippen LogP contribution in [0.3, 0.4) is 0 Å². The Hall–Kier alpha value is -0.650. The minimum absolute atomic E-state index is 0.0231. The largest absolute Gasteiger partial charge is 0.382 e. The van der Waals surface area contributed by atoms with Gasteiger partial charge in [0.2, 0.25) is 5.91 Å². The molecule has 2 atom stereocenters. The van der Waals surface area contributed by atoms with Crippen molar-refractivity contribution in [2.75, 3.05) is 33.9 Å². The maximum absolute atomic E-state index is 11.6. The molecular formula is C10H20N2O3. The van der Waals surface area contributed by atoms with Crippen LogP contribution < -0.4 is 10.6 Å². The standard InChI is InChI=1S/C10H20N2O3/c1-14-7-8(15-2)6-12-10(13)9-4-3-5-11-9/h8-9,11H,3-7H2,1-2H3,(H,12,13)/t8?,9-/m0/s1. The van der Waals surface area contributed by atoms with E-state index in [0.29, 0.717) is 13.2 Å². The molecule has 88 valence electrons. The van der Waals surface area contributed by atoms with Crippen molar-refractivity contribution in [3.05, 3.63) is 0 Å². The van der Waals surface area contributed by atoms with Gasteiger partial charge in [-0.05, 0) is 19.4 Å². The number of rotatable bonds is 6. The molecule has 0 spiro atoms. The Labute approximate surface area is 90.5 Å². The summed E-state index contributed by atoms with van der Waals surface area (Å²) in [4.78, 5) is 11.6. The molecule has 1 aliphatic heterocycles. The molecule has 1 rings (SSSR count). The van der Waals surface area contributed by atoms with E-state index in [0.717, 1.165) is 19.4 Å². The van der Waals surface area contributed by atoms with Crippen LogP contribution >= 0.6 is 0 Å². The van der Waals surface area contributed by atoms with E-state index >= 15 is 0 Å². The maximum Gasteiger partial charge on any atom is 0.237 e. The first-order chi connectivity index (χ1) is 7.27. The van der Waals surface area contributed by atoms with Gasteiger partial charge in [0.15, 0.2) is 0 Å². The molecule has 1 aliphatic rings. The molecule has 0 aromatic heterocycles. The highest BCUT2D eigenvalue weighted by molar-refractivity contribution is 5.81. The molecular weight excluding hydrogens is 196 g/mol. The summed E-state index contributed by atoms with van der Waals surface area (Å²) in [6, 6.07) is -0.0231. The van der Waals surface area contributed by atoms with Crippen molar-refractivity contribution in [2.45, 2.75) is 25.0 Å². The Balaban J connectivity index is 2.19. The lowest BCUT2D eigenvalue weighted by molar-refractivity contribution is -0.123. The molecule has 1 saturated heterocycles. The van der Waals surface area contributed by atoms with Gasteiger partial charge in [0.25, 0.3) is 0 Å². The number of carbonyl (C=O) groups is 1. The van der Waals surface area contributed by atoms with Gasteiger partial charge in [-0.25, -0.2) is 0 Å². The average Bonchev–Trinajstić information content (AvgIpc) is 2.77. The van der Waals surface area contributed by atoms with Gasteiger partial charge >= 0.3 is 0 Å². The number of nitrogens with one attached hydrogen (secondary N) is 2. The topological polar surface area (TPSA) is 59.6 Å². The maximum atomic E-state index is 11.6. The molecule has 0 aromatic carbocycles. The van der Waals surface area contributed by atoms with E-state index in [4.69, 9.17) is 9.47 Å². The van der Waals surface area contributed by atoms with Crippen LogP contribution in [0.15, 0.2) is 0 Å². The molecule has 5 heteroatoms. The molecule has 0 bridgehead atoms. The van der Waals surface area contributed by atoms with E-state index in [9.17, 15) is 4.79 Å². The van der Waals surface area contributed by atoms with Crippen molar-refractivity contribution in [1.29, 1.82) is 0 Å². The molecule has 2 N–H and O–H groups in total. The third-order valence-corrected chi connectivity index (χ3v) is 2.57. The normalized spacial score (nSPS) is 22.7. The van der Waals surface area contributed by atoms with Crippen molar-refractivity contribution in [1.82, 2.24) is 10.6 Å². The smallest absolute Gasteiger partial charge is 0.237 e. The van der Waals surface area contributed by atoms with Gasteiger partial charge in [-0.3, -0.25) is 4.79 Å². The van der Waals surface area contributed by atoms with Gasteiger partial charge in [0.1, 0.15) is 0 Å². The number of methoxy groups -OCH3 is 2. The van der Waals surface area contributed by atoms with E-state index in [-0.39, 0.29) is 18.1 Å². The first-order valence-corrected chi connectivity index (χ1v) is 5.30. The highest BCUT2D eigenvalue weighted by Crippen LogP contribution is 2.04. The van der Waals surface area contributed by atoms with E-state index in [1.807, 2.05) is 0 Å². The minimum atomic E-state index is -0.0691. The predicted molar refractivity (Wildman–Crippen MR) is 56.7 cm³/mol. The van der Waals surface area contributed by atoms with Gasteiger partial charge in [-0.2, -0.15) is 0 Å². The lowest BCUT2D eigenvalue weighted by Crippen LogP contribution is -2.44. The molecule has 1 unspecified atom stereocenters. The molecule has 0 aromatic rings. The van der Waals surface area contributed by atoms with Crippen LogP contribution in [0.2, 0.25) is 0 Å². The van der Waals surface area contributed by atoms with Crippen LogP contribution in [-0.2, 0) is 14.3 Å². The fourth-order valence-corrected chi connectivity index (χ4v) is 1.64. The Bertz CT molecular complexity index is 193. The zero-order chi connectivity index (χ0) is 11.1. The molecule has 0 aliphatic carbocycles. The average molecular weight is 216 g/mol. The lowest BCUT2D eigenvalue weighted by Gasteiger charge is -2.17.